The molecule has 0 amide bonds. The summed E-state index contributed by atoms with van der Waals surface area (Å²) in [5.41, 5.74) is 4.09. The van der Waals surface area contributed by atoms with Gasteiger partial charge in [-0.15, -0.1) is 0 Å². The Morgan fingerprint density at radius 3 is 2.90 bits per heavy atom. The van der Waals surface area contributed by atoms with Gasteiger partial charge in [-0.2, -0.15) is 0 Å². The molecule has 0 radical (unpaired) electrons. The number of aliphatic hydroxyl groups excluding tert-OH is 1. The van der Waals surface area contributed by atoms with Crippen molar-refractivity contribution >= 4 is 10.9 Å². The van der Waals surface area contributed by atoms with E-state index in [0.29, 0.717) is 12.8 Å². The van der Waals surface area contributed by atoms with Crippen LogP contribution in [0.2, 0.25) is 0 Å². The molecule has 0 atom stereocenters. The molecule has 0 unspecified atom stereocenters. The summed E-state index contributed by atoms with van der Waals surface area (Å²) in [6.45, 7) is 2.14. The van der Waals surface area contributed by atoms with Crippen molar-refractivity contribution in [2.24, 2.45) is 0 Å². The number of nitrogens with one attached hydrogen (secondary N) is 1. The molecule has 3 rings (SSSR count). The average molecular weight is 267 g/mol. The molecule has 0 spiro atoms. The lowest BCUT2D eigenvalue weighted by atomic mass is 10.1. The lowest BCUT2D eigenvalue weighted by molar-refractivity contribution is 0.287. The molecule has 2 N–H and O–H groups in total. The van der Waals surface area contributed by atoms with E-state index in [2.05, 4.69) is 27.1 Å². The molecule has 2 aromatic heterocycles. The highest BCUT2D eigenvalue weighted by atomic mass is 16.2. The van der Waals surface area contributed by atoms with Crippen LogP contribution in [0.3, 0.4) is 0 Å². The lowest BCUT2D eigenvalue weighted by Crippen LogP contribution is -2.00. The number of benzene rings is 1. The highest BCUT2D eigenvalue weighted by Gasteiger charge is 2.09. The highest BCUT2D eigenvalue weighted by molar-refractivity contribution is 5.94. The second kappa shape index (κ2) is 5.43. The summed E-state index contributed by atoms with van der Waals surface area (Å²) >= 11 is 0. The molecule has 0 aliphatic heterocycles. The zero-order valence-corrected chi connectivity index (χ0v) is 11.4. The molecule has 1 aromatic carbocycles. The van der Waals surface area contributed by atoms with Gasteiger partial charge >= 0.3 is 0 Å². The number of aromatic nitrogens is 3. The van der Waals surface area contributed by atoms with Gasteiger partial charge in [0.2, 0.25) is 0 Å². The normalized spacial score (nSPS) is 11.1. The van der Waals surface area contributed by atoms with Gasteiger partial charge in [0.25, 0.3) is 0 Å². The number of hydrogen-bond donors (Lipinski definition) is 2. The minimum absolute atomic E-state index is 0.166. The first-order chi connectivity index (χ1) is 9.78. The maximum Gasteiger partial charge on any atom is 0.129 e. The van der Waals surface area contributed by atoms with Crippen LogP contribution >= 0.6 is 0 Å². The molecule has 0 aliphatic rings. The van der Waals surface area contributed by atoms with Gasteiger partial charge in [-0.05, 0) is 25.5 Å². The zero-order valence-electron chi connectivity index (χ0n) is 11.4. The number of hydrogen-bond acceptors (Lipinski definition) is 3. The molecular weight excluding hydrogens is 250 g/mol. The molecule has 0 fully saturated rings. The van der Waals surface area contributed by atoms with Crippen molar-refractivity contribution in [3.8, 4) is 11.3 Å². The van der Waals surface area contributed by atoms with E-state index in [1.165, 1.54) is 5.39 Å². The summed E-state index contributed by atoms with van der Waals surface area (Å²) in [5.74, 6) is 0.791. The maximum absolute atomic E-state index is 8.93. The SMILES string of the molecule is Cc1cc(-c2c[nH]c3ccccc23)nc(CCCO)n1. The van der Waals surface area contributed by atoms with Crippen molar-refractivity contribution in [2.75, 3.05) is 6.61 Å². The first kappa shape index (κ1) is 12.8. The van der Waals surface area contributed by atoms with Crippen LogP contribution in [-0.4, -0.2) is 26.7 Å². The molecule has 0 aliphatic carbocycles. The van der Waals surface area contributed by atoms with Gasteiger partial charge in [-0.1, -0.05) is 18.2 Å². The number of aliphatic hydroxyl groups is 1. The number of aryl methyl sites for hydroxylation is 2. The van der Waals surface area contributed by atoms with Crippen LogP contribution in [-0.2, 0) is 6.42 Å². The summed E-state index contributed by atoms with van der Waals surface area (Å²) in [6.07, 6.45) is 3.38. The molecule has 3 aromatic rings. The largest absolute Gasteiger partial charge is 0.396 e. The van der Waals surface area contributed by atoms with Gasteiger partial charge in [0.1, 0.15) is 5.82 Å². The predicted octanol–water partition coefficient (Wildman–Crippen LogP) is 2.86. The third-order valence-electron chi connectivity index (χ3n) is 3.32. The Hall–Kier alpha value is -2.20. The van der Waals surface area contributed by atoms with Crippen molar-refractivity contribution in [1.82, 2.24) is 15.0 Å². The number of aromatic amines is 1. The Bertz CT molecular complexity index is 733. The van der Waals surface area contributed by atoms with Crippen LogP contribution in [0.4, 0.5) is 0 Å². The van der Waals surface area contributed by atoms with Crippen molar-refractivity contribution in [2.45, 2.75) is 19.8 Å². The zero-order chi connectivity index (χ0) is 13.9. The molecule has 2 heterocycles. The molecule has 4 nitrogen and oxygen atoms in total. The standard InChI is InChI=1S/C16H17N3O/c1-11-9-15(19-16(18-11)7-4-8-20)13-10-17-14-6-3-2-5-12(13)14/h2-3,5-6,9-10,17,20H,4,7-8H2,1H3. The first-order valence-electron chi connectivity index (χ1n) is 6.80. The third-order valence-corrected chi connectivity index (χ3v) is 3.32. The molecule has 102 valence electrons. The third kappa shape index (κ3) is 2.42. The van der Waals surface area contributed by atoms with Crippen LogP contribution in [0, 0.1) is 6.92 Å². The summed E-state index contributed by atoms with van der Waals surface area (Å²) in [5, 5.41) is 10.1. The molecule has 0 saturated heterocycles. The van der Waals surface area contributed by atoms with E-state index in [9.17, 15) is 0 Å². The number of nitrogens with zero attached hydrogens (tertiary/aromatic N) is 2. The summed E-state index contributed by atoms with van der Waals surface area (Å²) in [7, 11) is 0. The quantitative estimate of drug-likeness (QED) is 0.764. The van der Waals surface area contributed by atoms with Gasteiger partial charge in [-0.3, -0.25) is 0 Å². The highest BCUT2D eigenvalue weighted by Crippen LogP contribution is 2.27. The smallest absolute Gasteiger partial charge is 0.129 e. The van der Waals surface area contributed by atoms with Crippen LogP contribution in [0.15, 0.2) is 36.5 Å². The fourth-order valence-corrected chi connectivity index (χ4v) is 2.40. The molecule has 20 heavy (non-hydrogen) atoms. The van der Waals surface area contributed by atoms with Crippen LogP contribution in [0.25, 0.3) is 22.2 Å². The average Bonchev–Trinajstić information content (AvgIpc) is 2.88. The Balaban J connectivity index is 2.07. The van der Waals surface area contributed by atoms with E-state index >= 15 is 0 Å². The van der Waals surface area contributed by atoms with Crippen molar-refractivity contribution in [3.63, 3.8) is 0 Å². The lowest BCUT2D eigenvalue weighted by Gasteiger charge is -2.05. The first-order valence-corrected chi connectivity index (χ1v) is 6.80. The van der Waals surface area contributed by atoms with E-state index in [1.54, 1.807) is 0 Å². The molecule has 0 bridgehead atoms. The Morgan fingerprint density at radius 2 is 2.05 bits per heavy atom. The Morgan fingerprint density at radius 1 is 1.20 bits per heavy atom. The van der Waals surface area contributed by atoms with Gasteiger partial charge in [0.15, 0.2) is 0 Å². The maximum atomic E-state index is 8.93. The van der Waals surface area contributed by atoms with E-state index < -0.39 is 0 Å². The van der Waals surface area contributed by atoms with E-state index in [4.69, 9.17) is 5.11 Å². The fraction of sp³-hybridized carbons (Fsp3) is 0.250. The molecular formula is C16H17N3O. The minimum Gasteiger partial charge on any atom is -0.396 e. The topological polar surface area (TPSA) is 61.8 Å². The minimum atomic E-state index is 0.166. The number of para-hydroxylation sites is 1. The molecule has 0 saturated carbocycles. The monoisotopic (exact) mass is 267 g/mol. The van der Waals surface area contributed by atoms with Crippen molar-refractivity contribution in [1.29, 1.82) is 0 Å². The second-order valence-corrected chi connectivity index (χ2v) is 4.89. The van der Waals surface area contributed by atoms with Crippen molar-refractivity contribution < 1.29 is 5.11 Å². The van der Waals surface area contributed by atoms with Crippen LogP contribution < -0.4 is 0 Å². The van der Waals surface area contributed by atoms with E-state index in [1.807, 2.05) is 31.3 Å². The number of H-pyrrole nitrogens is 1. The van der Waals surface area contributed by atoms with Crippen molar-refractivity contribution in [3.05, 3.63) is 48.0 Å². The van der Waals surface area contributed by atoms with Gasteiger partial charge in [0, 0.05) is 41.4 Å². The Labute approximate surface area is 117 Å². The fourth-order valence-electron chi connectivity index (χ4n) is 2.40. The van der Waals surface area contributed by atoms with Gasteiger partial charge in [-0.25, -0.2) is 9.97 Å². The van der Waals surface area contributed by atoms with Gasteiger partial charge < -0.3 is 10.1 Å². The Kier molecular flexibility index (Phi) is 3.48. The second-order valence-electron chi connectivity index (χ2n) is 4.89. The number of fused-ring (bicyclic) bond motifs is 1. The van der Waals surface area contributed by atoms with Crippen LogP contribution in [0.1, 0.15) is 17.9 Å². The predicted molar refractivity (Wildman–Crippen MR) is 79.5 cm³/mol. The molecule has 4 heteroatoms. The van der Waals surface area contributed by atoms with E-state index in [0.717, 1.165) is 28.3 Å². The summed E-state index contributed by atoms with van der Waals surface area (Å²) in [4.78, 5) is 12.3. The van der Waals surface area contributed by atoms with Gasteiger partial charge in [0.05, 0.1) is 5.69 Å². The van der Waals surface area contributed by atoms with Crippen LogP contribution in [0.5, 0.6) is 0 Å². The summed E-state index contributed by atoms with van der Waals surface area (Å²) < 4.78 is 0. The summed E-state index contributed by atoms with van der Waals surface area (Å²) in [6, 6.07) is 10.2. The number of rotatable bonds is 4. The van der Waals surface area contributed by atoms with E-state index in [-0.39, 0.29) is 6.61 Å².